The van der Waals surface area contributed by atoms with E-state index in [0.29, 0.717) is 11.5 Å². The van der Waals surface area contributed by atoms with Gasteiger partial charge in [-0.2, -0.15) is 13.6 Å². The highest BCUT2D eigenvalue weighted by Gasteiger charge is 2.54. The molecule has 23 nitrogen and oxygen atoms in total. The number of aliphatic hydroxyl groups excluding tert-OH is 1. The summed E-state index contributed by atoms with van der Waals surface area (Å²) in [7, 11) is -16.9. The largest absolute Gasteiger partial charge is 0.490 e. The monoisotopic (exact) mass is 1040 g/mol. The number of carbonyl (C=O) groups excluding carboxylic acids is 1. The first-order valence-corrected chi connectivity index (χ1v) is 28.1. The number of nitrogens with zero attached hydrogens (tertiary/aromatic N) is 4. The molecular formula is C45H54N6O17P3+. The molecule has 1 amide bonds. The molecule has 2 aliphatic carbocycles. The number of anilines is 1. The lowest BCUT2D eigenvalue weighted by atomic mass is 9.60. The number of nitrogens with one attached hydrogen (secondary N) is 1. The van der Waals surface area contributed by atoms with Gasteiger partial charge in [-0.25, -0.2) is 27.9 Å². The van der Waals surface area contributed by atoms with Gasteiger partial charge in [-0.3, -0.25) is 13.9 Å². The first kappa shape index (κ1) is 49.8. The summed E-state index contributed by atoms with van der Waals surface area (Å²) in [6, 6.07) is 4.92. The Morgan fingerprint density at radius 3 is 2.48 bits per heavy atom. The van der Waals surface area contributed by atoms with E-state index in [1.54, 1.807) is 6.07 Å². The number of piperidine rings is 1. The number of aromatic nitrogens is 2. The average molecular weight is 1040 g/mol. The number of phosphoric acid groups is 3. The number of ether oxygens (including phenoxy) is 2. The Hall–Kier alpha value is -4.78. The van der Waals surface area contributed by atoms with E-state index in [1.165, 1.54) is 34.2 Å². The number of rotatable bonds is 12. The van der Waals surface area contributed by atoms with Crippen LogP contribution >= 0.6 is 23.5 Å². The van der Waals surface area contributed by atoms with Crippen molar-refractivity contribution in [3.05, 3.63) is 91.1 Å². The van der Waals surface area contributed by atoms with Gasteiger partial charge in [0, 0.05) is 79.1 Å². The van der Waals surface area contributed by atoms with E-state index in [0.717, 1.165) is 113 Å². The number of carboxylic acid groups (broad SMARTS) is 1. The highest BCUT2D eigenvalue weighted by atomic mass is 31.3. The number of carbonyl (C=O) groups is 2. The predicted molar refractivity (Wildman–Crippen MR) is 248 cm³/mol. The highest BCUT2D eigenvalue weighted by Crippen LogP contribution is 2.66. The van der Waals surface area contributed by atoms with E-state index in [-0.39, 0.29) is 53.2 Å². The summed E-state index contributed by atoms with van der Waals surface area (Å²) in [4.78, 5) is 82.9. The summed E-state index contributed by atoms with van der Waals surface area (Å²) in [5, 5.41) is 24.3. The average Bonchev–Trinajstić information content (AvgIpc) is 3.68. The summed E-state index contributed by atoms with van der Waals surface area (Å²) >= 11 is 0. The lowest BCUT2D eigenvalue weighted by Crippen LogP contribution is -2.47. The van der Waals surface area contributed by atoms with Crippen LogP contribution in [0.4, 0.5) is 5.82 Å². The number of allylic oxidation sites excluding steroid dienone is 5. The van der Waals surface area contributed by atoms with E-state index in [9.17, 15) is 48.1 Å². The van der Waals surface area contributed by atoms with Crippen molar-refractivity contribution >= 4 is 46.9 Å². The first-order chi connectivity index (χ1) is 33.7. The van der Waals surface area contributed by atoms with Gasteiger partial charge in [0.1, 0.15) is 36.5 Å². The van der Waals surface area contributed by atoms with Gasteiger partial charge in [-0.05, 0) is 74.6 Å². The van der Waals surface area contributed by atoms with Crippen molar-refractivity contribution in [3.8, 4) is 11.8 Å². The molecule has 380 valence electrons. The predicted octanol–water partition coefficient (Wildman–Crippen LogP) is 3.76. The van der Waals surface area contributed by atoms with Crippen molar-refractivity contribution in [3.63, 3.8) is 0 Å². The van der Waals surface area contributed by atoms with Gasteiger partial charge >= 0.3 is 35.1 Å². The maximum atomic E-state index is 13.7. The molecule has 3 saturated heterocycles. The number of hydrogen-bond acceptors (Lipinski definition) is 15. The SMILES string of the molecule is Nc1nc(=O)n(C2OC(COP(=O)(O)OP(=O)(O)OP(=O)(O)O)CC2O)cc1C#CCNC(=O)c1ccc(C2C3CC4=C5C(=C3OC3=C6CCC[N+]7=C6C(CCC7)CC32)CCCN5CCC4)c(C(=O)O)c1. The number of amides is 1. The number of aromatic carboxylic acids is 1. The van der Waals surface area contributed by atoms with Gasteiger partial charge in [-0.1, -0.05) is 17.9 Å². The normalized spacial score (nSPS) is 28.6. The van der Waals surface area contributed by atoms with E-state index >= 15 is 0 Å². The van der Waals surface area contributed by atoms with Crippen molar-refractivity contribution in [2.24, 2.45) is 17.8 Å². The molecule has 0 spiro atoms. The zero-order valence-electron chi connectivity index (χ0n) is 38.3. The lowest BCUT2D eigenvalue weighted by molar-refractivity contribution is -0.538. The topological polar surface area (TPSA) is 332 Å². The summed E-state index contributed by atoms with van der Waals surface area (Å²) in [5.74, 6) is 5.59. The zero-order valence-corrected chi connectivity index (χ0v) is 40.9. The Labute approximate surface area is 406 Å². The third-order valence-electron chi connectivity index (χ3n) is 14.7. The summed E-state index contributed by atoms with van der Waals surface area (Å²) < 4.78 is 63.0. The molecule has 1 aromatic carbocycles. The van der Waals surface area contributed by atoms with Crippen molar-refractivity contribution in [2.45, 2.75) is 95.0 Å². The molecule has 3 fully saturated rings. The molecule has 8 aliphatic rings. The van der Waals surface area contributed by atoms with E-state index < -0.39 is 66.1 Å². The minimum absolute atomic E-state index is 0.00892. The fourth-order valence-electron chi connectivity index (χ4n) is 12.1. The van der Waals surface area contributed by atoms with Crippen LogP contribution in [0.25, 0.3) is 0 Å². The van der Waals surface area contributed by atoms with E-state index in [1.807, 2.05) is 6.07 Å². The van der Waals surface area contributed by atoms with Gasteiger partial charge in [-0.15, -0.1) is 0 Å². The molecular weight excluding hydrogens is 989 g/mol. The Bertz CT molecular complexity index is 3000. The fourth-order valence-corrected chi connectivity index (χ4v) is 15.2. The number of phosphoric ester groups is 1. The van der Waals surface area contributed by atoms with Crippen LogP contribution in [0.3, 0.4) is 0 Å². The van der Waals surface area contributed by atoms with Gasteiger partial charge in [0.05, 0.1) is 36.0 Å². The third-order valence-corrected chi connectivity index (χ3v) is 18.5. The Morgan fingerprint density at radius 2 is 1.70 bits per heavy atom. The molecule has 9 N–H and O–H groups in total. The Morgan fingerprint density at radius 1 is 0.958 bits per heavy atom. The number of nitrogen functional groups attached to an aromatic ring is 1. The van der Waals surface area contributed by atoms with Crippen LogP contribution in [0.2, 0.25) is 0 Å². The molecule has 10 rings (SSSR count). The number of nitrogens with two attached hydrogens (primary N) is 1. The molecule has 9 unspecified atom stereocenters. The minimum atomic E-state index is -5.78. The Balaban J connectivity index is 0.864. The second-order valence-electron chi connectivity index (χ2n) is 19.1. The maximum Gasteiger partial charge on any atom is 0.490 e. The third kappa shape index (κ3) is 10.0. The molecule has 2 aromatic rings. The summed E-state index contributed by atoms with van der Waals surface area (Å²) in [6.45, 7) is 3.03. The first-order valence-electron chi connectivity index (χ1n) is 23.6. The number of aliphatic hydroxyl groups is 1. The van der Waals surface area contributed by atoms with Crippen LogP contribution in [-0.2, 0) is 36.3 Å². The van der Waals surface area contributed by atoms with E-state index in [2.05, 4.69) is 44.8 Å². The second-order valence-corrected chi connectivity index (χ2v) is 23.5. The summed E-state index contributed by atoms with van der Waals surface area (Å²) in [6.07, 6.45) is 6.62. The van der Waals surface area contributed by atoms with Crippen LogP contribution < -0.4 is 16.7 Å². The van der Waals surface area contributed by atoms with Crippen molar-refractivity contribution in [1.82, 2.24) is 19.8 Å². The van der Waals surface area contributed by atoms with Crippen LogP contribution in [-0.4, -0.2) is 118 Å². The molecule has 71 heavy (non-hydrogen) atoms. The van der Waals surface area contributed by atoms with Gasteiger partial charge < -0.3 is 55.2 Å². The van der Waals surface area contributed by atoms with Gasteiger partial charge in [0.2, 0.25) is 0 Å². The number of carboxylic acids is 1. The number of hydrogen-bond donors (Lipinski definition) is 8. The molecule has 0 saturated carbocycles. The van der Waals surface area contributed by atoms with Crippen LogP contribution in [0.5, 0.6) is 0 Å². The van der Waals surface area contributed by atoms with Crippen molar-refractivity contribution in [1.29, 1.82) is 0 Å². The minimum Gasteiger partial charge on any atom is -0.478 e. The fraction of sp³-hybridized carbons (Fsp3) is 0.533. The highest BCUT2D eigenvalue weighted by molar-refractivity contribution is 7.66. The molecule has 9 atom stereocenters. The lowest BCUT2D eigenvalue weighted by Gasteiger charge is -2.51. The van der Waals surface area contributed by atoms with Crippen LogP contribution in [0.1, 0.15) is 115 Å². The van der Waals surface area contributed by atoms with Gasteiger partial charge in [0.25, 0.3) is 5.91 Å². The second kappa shape index (κ2) is 19.2. The van der Waals surface area contributed by atoms with Gasteiger partial charge in [0.15, 0.2) is 11.9 Å². The number of benzene rings is 1. The standard InChI is InChI=1S/C45H53N6O17P3/c46-41-27(22-51(45(56)48-41)43-35(52)21-28(65-43)23-64-70(60,61)68-71(62,63)67-69(57,58)59)6-1-13-47-42(53)26-11-12-29(32(20-26)44(54)55)36-33-18-24-7-2-14-49-16-4-9-30(37(24)49)39(33)66-40-31-10-5-17-50-15-3-8-25(38(31)50)19-34(36)40/h11-12,20,22,24,28,33-36,43,52H,2-5,7-10,13-19,21,23H2,(H7-,46,47,48,53,54,55,56,57,58,59,60,61,62,63)/p+1. The van der Waals surface area contributed by atoms with Crippen molar-refractivity contribution < 1.29 is 80.3 Å². The number of fused-ring (bicyclic) bond motifs is 2. The molecule has 0 bridgehead atoms. The van der Waals surface area contributed by atoms with E-state index in [4.69, 9.17) is 25.0 Å². The molecule has 6 aliphatic heterocycles. The molecule has 1 aromatic heterocycles. The van der Waals surface area contributed by atoms with Crippen molar-refractivity contribution in [2.75, 3.05) is 45.1 Å². The van der Waals surface area contributed by atoms with Crippen LogP contribution in [0.15, 0.2) is 63.1 Å². The maximum absolute atomic E-state index is 13.7. The quantitative estimate of drug-likeness (QED) is 0.0852. The Kier molecular flexibility index (Phi) is 13.5. The molecule has 26 heteroatoms. The molecule has 7 heterocycles. The smallest absolute Gasteiger partial charge is 0.478 e. The summed E-state index contributed by atoms with van der Waals surface area (Å²) in [5.41, 5.74) is 12.7. The van der Waals surface area contributed by atoms with Crippen LogP contribution in [0, 0.1) is 29.6 Å². The zero-order chi connectivity index (χ0) is 50.1. The molecule has 0 radical (unpaired) electrons.